The van der Waals surface area contributed by atoms with E-state index in [-0.39, 0.29) is 17.9 Å². The number of benzene rings is 3. The quantitative estimate of drug-likeness (QED) is 0.328. The molecule has 2 heterocycles. The molecule has 1 aliphatic heterocycles. The Bertz CT molecular complexity index is 1750. The maximum Gasteiger partial charge on any atom is 0.338 e. The van der Waals surface area contributed by atoms with Gasteiger partial charge in [0.05, 0.1) is 35.6 Å². The van der Waals surface area contributed by atoms with Crippen molar-refractivity contribution in [1.29, 1.82) is 0 Å². The van der Waals surface area contributed by atoms with E-state index in [1.54, 1.807) is 25.1 Å². The number of aromatic hydroxyl groups is 1. The number of aromatic nitrogens is 1. The van der Waals surface area contributed by atoms with Crippen molar-refractivity contribution in [2.75, 3.05) is 13.7 Å². The van der Waals surface area contributed by atoms with Crippen molar-refractivity contribution in [2.45, 2.75) is 26.5 Å². The van der Waals surface area contributed by atoms with Crippen molar-refractivity contribution < 1.29 is 24.1 Å². The van der Waals surface area contributed by atoms with E-state index in [1.165, 1.54) is 29.1 Å². The molecule has 9 heteroatoms. The number of allylic oxidation sites excluding steroid dienone is 1. The molecule has 1 N–H and O–H groups in total. The van der Waals surface area contributed by atoms with Gasteiger partial charge in [0.2, 0.25) is 0 Å². The lowest BCUT2D eigenvalue weighted by Crippen LogP contribution is -2.39. The molecule has 1 aliphatic rings. The van der Waals surface area contributed by atoms with Gasteiger partial charge in [-0.2, -0.15) is 0 Å². The monoisotopic (exact) mass is 556 g/mol. The van der Waals surface area contributed by atoms with E-state index >= 15 is 0 Å². The van der Waals surface area contributed by atoms with Crippen LogP contribution in [0.4, 0.5) is 0 Å². The summed E-state index contributed by atoms with van der Waals surface area (Å²) in [5.41, 5.74) is 2.74. The summed E-state index contributed by atoms with van der Waals surface area (Å²) in [7, 11) is 1.46. The van der Waals surface area contributed by atoms with E-state index in [0.717, 1.165) is 11.1 Å². The van der Waals surface area contributed by atoms with Gasteiger partial charge in [-0.05, 0) is 60.9 Å². The van der Waals surface area contributed by atoms with Gasteiger partial charge >= 0.3 is 5.97 Å². The smallest absolute Gasteiger partial charge is 0.338 e. The molecule has 0 saturated heterocycles. The van der Waals surface area contributed by atoms with Crippen molar-refractivity contribution in [3.8, 4) is 17.2 Å². The number of methoxy groups -OCH3 is 1. The lowest BCUT2D eigenvalue weighted by atomic mass is 9.96. The molecule has 8 nitrogen and oxygen atoms in total. The fourth-order valence-corrected chi connectivity index (χ4v) is 5.59. The predicted molar refractivity (Wildman–Crippen MR) is 152 cm³/mol. The summed E-state index contributed by atoms with van der Waals surface area (Å²) in [5, 5.41) is 9.95. The van der Waals surface area contributed by atoms with Crippen LogP contribution < -0.4 is 24.4 Å². The van der Waals surface area contributed by atoms with Crippen molar-refractivity contribution in [3.63, 3.8) is 0 Å². The second kappa shape index (κ2) is 11.6. The molecule has 0 spiro atoms. The average Bonchev–Trinajstić information content (AvgIpc) is 3.27. The highest BCUT2D eigenvalue weighted by atomic mass is 32.1. The number of thiazole rings is 1. The number of nitrogens with zero attached hydrogens (tertiary/aromatic N) is 2. The van der Waals surface area contributed by atoms with E-state index in [1.807, 2.05) is 61.5 Å². The molecule has 0 bridgehead atoms. The second-order valence-electron chi connectivity index (χ2n) is 9.08. The first-order valence-electron chi connectivity index (χ1n) is 12.7. The van der Waals surface area contributed by atoms with Gasteiger partial charge < -0.3 is 19.3 Å². The lowest BCUT2D eigenvalue weighted by molar-refractivity contribution is -0.140. The molecule has 0 radical (unpaired) electrons. The molecule has 0 saturated carbocycles. The highest BCUT2D eigenvalue weighted by Gasteiger charge is 2.33. The zero-order valence-corrected chi connectivity index (χ0v) is 23.1. The van der Waals surface area contributed by atoms with Crippen LogP contribution in [0.3, 0.4) is 0 Å². The van der Waals surface area contributed by atoms with Gasteiger partial charge in [0, 0.05) is 0 Å². The largest absolute Gasteiger partial charge is 0.504 e. The fourth-order valence-electron chi connectivity index (χ4n) is 4.55. The van der Waals surface area contributed by atoms with Crippen LogP contribution in [0.5, 0.6) is 17.2 Å². The molecule has 1 aromatic heterocycles. The number of carbonyl (C=O) groups excluding carboxylic acids is 1. The Hall–Kier alpha value is -4.63. The highest BCUT2D eigenvalue weighted by molar-refractivity contribution is 7.07. The summed E-state index contributed by atoms with van der Waals surface area (Å²) >= 11 is 1.23. The average molecular weight is 557 g/mol. The van der Waals surface area contributed by atoms with Crippen LogP contribution in [-0.4, -0.2) is 29.4 Å². The van der Waals surface area contributed by atoms with Crippen LogP contribution in [0.1, 0.15) is 36.6 Å². The third-order valence-corrected chi connectivity index (χ3v) is 7.45. The number of rotatable bonds is 8. The Kier molecular flexibility index (Phi) is 7.84. The van der Waals surface area contributed by atoms with Crippen LogP contribution in [0.2, 0.25) is 0 Å². The number of hydrogen-bond acceptors (Lipinski definition) is 8. The van der Waals surface area contributed by atoms with E-state index < -0.39 is 12.0 Å². The number of phenolic OH excluding ortho intramolecular Hbond substituents is 1. The third-order valence-electron chi connectivity index (χ3n) is 6.46. The predicted octanol–water partition coefficient (Wildman–Crippen LogP) is 4.09. The van der Waals surface area contributed by atoms with E-state index in [9.17, 15) is 14.7 Å². The van der Waals surface area contributed by atoms with Gasteiger partial charge in [0.15, 0.2) is 16.3 Å². The van der Waals surface area contributed by atoms with Crippen molar-refractivity contribution in [1.82, 2.24) is 4.57 Å². The molecule has 40 heavy (non-hydrogen) atoms. The van der Waals surface area contributed by atoms with E-state index in [0.29, 0.717) is 44.3 Å². The summed E-state index contributed by atoms with van der Waals surface area (Å²) < 4.78 is 18.5. The van der Waals surface area contributed by atoms with Gasteiger partial charge in [-0.15, -0.1) is 0 Å². The summed E-state index contributed by atoms with van der Waals surface area (Å²) in [6.45, 7) is 4.28. The molecule has 1 atom stereocenters. The number of ether oxygens (including phenoxy) is 3. The molecule has 4 aromatic rings. The first-order chi connectivity index (χ1) is 19.4. The van der Waals surface area contributed by atoms with Crippen LogP contribution in [0.25, 0.3) is 6.08 Å². The zero-order valence-electron chi connectivity index (χ0n) is 22.3. The van der Waals surface area contributed by atoms with Crippen LogP contribution in [0, 0.1) is 0 Å². The Balaban J connectivity index is 1.61. The Morgan fingerprint density at radius 1 is 1.10 bits per heavy atom. The van der Waals surface area contributed by atoms with Crippen molar-refractivity contribution in [2.24, 2.45) is 4.99 Å². The number of esters is 1. The van der Waals surface area contributed by atoms with Crippen molar-refractivity contribution in [3.05, 3.63) is 120 Å². The van der Waals surface area contributed by atoms with Gasteiger partial charge in [0.25, 0.3) is 5.56 Å². The van der Waals surface area contributed by atoms with Crippen molar-refractivity contribution >= 4 is 23.4 Å². The topological polar surface area (TPSA) is 99.4 Å². The SMILES string of the molecule is CCOc1ccc(C2C(C(=O)OCc3ccccc3)=C(C)N=c3s/c(=C\c4ccc(O)c(OC)c4)c(=O)n32)cc1. The van der Waals surface area contributed by atoms with Gasteiger partial charge in [-0.3, -0.25) is 9.36 Å². The molecular weight excluding hydrogens is 528 g/mol. The number of hydrogen-bond donors (Lipinski definition) is 1. The minimum atomic E-state index is -0.744. The molecule has 204 valence electrons. The zero-order chi connectivity index (χ0) is 28.2. The molecule has 0 aliphatic carbocycles. The van der Waals surface area contributed by atoms with Crippen LogP contribution in [0.15, 0.2) is 93.9 Å². The normalized spacial score (nSPS) is 14.9. The Morgan fingerprint density at radius 3 is 2.55 bits per heavy atom. The Labute approximate surface area is 234 Å². The van der Waals surface area contributed by atoms with Crippen LogP contribution in [-0.2, 0) is 16.1 Å². The first-order valence-corrected chi connectivity index (χ1v) is 13.5. The number of fused-ring (bicyclic) bond motifs is 1. The van der Waals surface area contributed by atoms with Gasteiger partial charge in [0.1, 0.15) is 12.4 Å². The summed E-state index contributed by atoms with van der Waals surface area (Å²) in [5.74, 6) is 0.453. The summed E-state index contributed by atoms with van der Waals surface area (Å²) in [6.07, 6.45) is 1.72. The van der Waals surface area contributed by atoms with Gasteiger partial charge in [-0.1, -0.05) is 59.9 Å². The maximum atomic E-state index is 13.8. The molecular formula is C31H28N2O6S. The minimum absolute atomic E-state index is 0.00545. The highest BCUT2D eigenvalue weighted by Crippen LogP contribution is 2.32. The van der Waals surface area contributed by atoms with Gasteiger partial charge in [-0.25, -0.2) is 9.79 Å². The standard InChI is InChI=1S/C31H28N2O6S/c1-4-38-23-13-11-22(12-14-23)28-27(30(36)39-18-20-8-6-5-7-9-20)19(2)32-31-33(28)29(35)26(40-31)17-21-10-15-24(34)25(16-21)37-3/h5-17,28,34H,4,18H2,1-3H3/b26-17-. The molecule has 0 fully saturated rings. The maximum absolute atomic E-state index is 13.8. The van der Waals surface area contributed by atoms with Crippen LogP contribution >= 0.6 is 11.3 Å². The lowest BCUT2D eigenvalue weighted by Gasteiger charge is -2.25. The van der Waals surface area contributed by atoms with E-state index in [2.05, 4.69) is 4.99 Å². The number of phenols is 1. The Morgan fingerprint density at radius 2 is 1.85 bits per heavy atom. The first kappa shape index (κ1) is 27.0. The molecule has 5 rings (SSSR count). The number of carbonyl (C=O) groups is 1. The van der Waals surface area contributed by atoms with E-state index in [4.69, 9.17) is 14.2 Å². The minimum Gasteiger partial charge on any atom is -0.504 e. The summed E-state index contributed by atoms with van der Waals surface area (Å²) in [6, 6.07) is 20.9. The molecule has 3 aromatic carbocycles. The second-order valence-corrected chi connectivity index (χ2v) is 10.1. The molecule has 1 unspecified atom stereocenters. The third kappa shape index (κ3) is 5.41. The fraction of sp³-hybridized carbons (Fsp3) is 0.194. The summed E-state index contributed by atoms with van der Waals surface area (Å²) in [4.78, 5) is 32.5. The molecule has 0 amide bonds.